The van der Waals surface area contributed by atoms with Crippen LogP contribution in [-0.4, -0.2) is 49.7 Å². The Balaban J connectivity index is 1.97. The zero-order valence-electron chi connectivity index (χ0n) is 13.6. The predicted octanol–water partition coefficient (Wildman–Crippen LogP) is 3.47. The Bertz CT molecular complexity index is 511. The molecule has 1 aliphatic rings. The zero-order chi connectivity index (χ0) is 16.8. The molecule has 1 aromatic carbocycles. The number of carbonyl (C=O) groups excluding carboxylic acids is 1. The van der Waals surface area contributed by atoms with E-state index >= 15 is 0 Å². The fraction of sp³-hybridized carbons (Fsp3) is 0.588. The average Bonchev–Trinajstić information content (AvgIpc) is 2.50. The lowest BCUT2D eigenvalue weighted by Crippen LogP contribution is -2.49. The summed E-state index contributed by atoms with van der Waals surface area (Å²) >= 11 is 11.9. The van der Waals surface area contributed by atoms with E-state index in [1.165, 1.54) is 0 Å². The van der Waals surface area contributed by atoms with E-state index < -0.39 is 0 Å². The van der Waals surface area contributed by atoms with Crippen molar-refractivity contribution in [2.45, 2.75) is 26.3 Å². The second kappa shape index (κ2) is 8.88. The highest BCUT2D eigenvalue weighted by molar-refractivity contribution is 6.35. The number of nitrogens with one attached hydrogen (secondary N) is 1. The van der Waals surface area contributed by atoms with Gasteiger partial charge in [0.2, 0.25) is 0 Å². The SMILES string of the molecule is CC(C)CC(CNC(=O)c1cc(Cl)cc(Cl)c1)N1CCOCC1. The van der Waals surface area contributed by atoms with Gasteiger partial charge < -0.3 is 10.1 Å². The van der Waals surface area contributed by atoms with Gasteiger partial charge in [0.15, 0.2) is 0 Å². The molecule has 0 aliphatic carbocycles. The van der Waals surface area contributed by atoms with Crippen molar-refractivity contribution in [1.82, 2.24) is 10.2 Å². The quantitative estimate of drug-likeness (QED) is 0.846. The van der Waals surface area contributed by atoms with Crippen LogP contribution < -0.4 is 5.32 Å². The fourth-order valence-electron chi connectivity index (χ4n) is 2.85. The monoisotopic (exact) mass is 358 g/mol. The second-order valence-corrected chi connectivity index (χ2v) is 7.17. The molecule has 4 nitrogen and oxygen atoms in total. The normalized spacial score (nSPS) is 17.3. The average molecular weight is 359 g/mol. The van der Waals surface area contributed by atoms with Crippen molar-refractivity contribution in [2.75, 3.05) is 32.8 Å². The summed E-state index contributed by atoms with van der Waals surface area (Å²) in [6.45, 7) is 8.35. The number of benzene rings is 1. The first kappa shape index (κ1) is 18.5. The number of hydrogen-bond donors (Lipinski definition) is 1. The van der Waals surface area contributed by atoms with Gasteiger partial charge in [-0.2, -0.15) is 0 Å². The van der Waals surface area contributed by atoms with Crippen LogP contribution in [0.5, 0.6) is 0 Å². The Labute approximate surface area is 148 Å². The van der Waals surface area contributed by atoms with Gasteiger partial charge in [-0.1, -0.05) is 37.0 Å². The summed E-state index contributed by atoms with van der Waals surface area (Å²) in [6, 6.07) is 5.21. The first-order valence-corrected chi connectivity index (χ1v) is 8.77. The maximum atomic E-state index is 12.4. The number of nitrogens with zero attached hydrogens (tertiary/aromatic N) is 1. The molecule has 1 heterocycles. The molecule has 1 N–H and O–H groups in total. The molecular formula is C17H24Cl2N2O2. The third kappa shape index (κ3) is 5.96. The first-order chi connectivity index (χ1) is 11.0. The molecule has 0 bridgehead atoms. The summed E-state index contributed by atoms with van der Waals surface area (Å²) < 4.78 is 5.42. The molecule has 1 saturated heterocycles. The number of carbonyl (C=O) groups is 1. The highest BCUT2D eigenvalue weighted by Gasteiger charge is 2.22. The van der Waals surface area contributed by atoms with Crippen LogP contribution in [-0.2, 0) is 4.74 Å². The van der Waals surface area contributed by atoms with E-state index in [-0.39, 0.29) is 5.91 Å². The maximum absolute atomic E-state index is 12.4. The molecule has 1 unspecified atom stereocenters. The third-order valence-electron chi connectivity index (χ3n) is 3.93. The molecule has 1 aromatic rings. The first-order valence-electron chi connectivity index (χ1n) is 8.02. The minimum Gasteiger partial charge on any atom is -0.379 e. The minimum absolute atomic E-state index is 0.142. The summed E-state index contributed by atoms with van der Waals surface area (Å²) in [6.07, 6.45) is 1.04. The van der Waals surface area contributed by atoms with Crippen molar-refractivity contribution in [3.05, 3.63) is 33.8 Å². The number of ether oxygens (including phenoxy) is 1. The number of morpholine rings is 1. The highest BCUT2D eigenvalue weighted by atomic mass is 35.5. The number of halogens is 2. The van der Waals surface area contributed by atoms with Crippen LogP contribution in [0.3, 0.4) is 0 Å². The predicted molar refractivity (Wildman–Crippen MR) is 94.4 cm³/mol. The standard InChI is InChI=1S/C17H24Cl2N2O2/c1-12(2)7-16(21-3-5-23-6-4-21)11-20-17(22)13-8-14(18)10-15(19)9-13/h8-10,12,16H,3-7,11H2,1-2H3,(H,20,22). The lowest BCUT2D eigenvalue weighted by atomic mass is 10.0. The second-order valence-electron chi connectivity index (χ2n) is 6.30. The zero-order valence-corrected chi connectivity index (χ0v) is 15.2. The van der Waals surface area contributed by atoms with Crippen molar-refractivity contribution < 1.29 is 9.53 Å². The molecular weight excluding hydrogens is 335 g/mol. The van der Waals surface area contributed by atoms with Crippen molar-refractivity contribution in [3.8, 4) is 0 Å². The third-order valence-corrected chi connectivity index (χ3v) is 4.36. The fourth-order valence-corrected chi connectivity index (χ4v) is 3.37. The molecule has 0 spiro atoms. The Hall–Kier alpha value is -0.810. The van der Waals surface area contributed by atoms with Crippen LogP contribution in [0.4, 0.5) is 0 Å². The van der Waals surface area contributed by atoms with Crippen LogP contribution in [0.1, 0.15) is 30.6 Å². The Morgan fingerprint density at radius 1 is 1.22 bits per heavy atom. The van der Waals surface area contributed by atoms with Crippen molar-refractivity contribution in [3.63, 3.8) is 0 Å². The van der Waals surface area contributed by atoms with E-state index in [1.54, 1.807) is 18.2 Å². The van der Waals surface area contributed by atoms with E-state index in [1.807, 2.05) is 0 Å². The van der Waals surface area contributed by atoms with Gasteiger partial charge in [-0.15, -0.1) is 0 Å². The largest absolute Gasteiger partial charge is 0.379 e. The van der Waals surface area contributed by atoms with Gasteiger partial charge in [-0.25, -0.2) is 0 Å². The van der Waals surface area contributed by atoms with E-state index in [4.69, 9.17) is 27.9 Å². The minimum atomic E-state index is -0.142. The van der Waals surface area contributed by atoms with Crippen molar-refractivity contribution in [1.29, 1.82) is 0 Å². The van der Waals surface area contributed by atoms with Gasteiger partial charge in [0.1, 0.15) is 0 Å². The Morgan fingerprint density at radius 2 is 1.83 bits per heavy atom. The molecule has 0 aromatic heterocycles. The molecule has 23 heavy (non-hydrogen) atoms. The maximum Gasteiger partial charge on any atom is 0.251 e. The van der Waals surface area contributed by atoms with Gasteiger partial charge in [-0.3, -0.25) is 9.69 Å². The molecule has 0 radical (unpaired) electrons. The number of rotatable bonds is 6. The summed E-state index contributed by atoms with van der Waals surface area (Å²) in [5.41, 5.74) is 0.493. The van der Waals surface area contributed by atoms with E-state index in [0.717, 1.165) is 32.7 Å². The molecule has 6 heteroatoms. The Morgan fingerprint density at radius 3 is 2.39 bits per heavy atom. The van der Waals surface area contributed by atoms with Crippen LogP contribution in [0.15, 0.2) is 18.2 Å². The smallest absolute Gasteiger partial charge is 0.251 e. The highest BCUT2D eigenvalue weighted by Crippen LogP contribution is 2.19. The van der Waals surface area contributed by atoms with Crippen LogP contribution in [0, 0.1) is 5.92 Å². The van der Waals surface area contributed by atoms with E-state index in [0.29, 0.717) is 34.1 Å². The van der Waals surface area contributed by atoms with Gasteiger partial charge in [0, 0.05) is 41.3 Å². The topological polar surface area (TPSA) is 41.6 Å². The molecule has 1 amide bonds. The summed E-state index contributed by atoms with van der Waals surface area (Å²) in [5.74, 6) is 0.428. The van der Waals surface area contributed by atoms with Gasteiger partial charge >= 0.3 is 0 Å². The lowest BCUT2D eigenvalue weighted by molar-refractivity contribution is 0.0124. The van der Waals surface area contributed by atoms with Crippen LogP contribution >= 0.6 is 23.2 Å². The van der Waals surface area contributed by atoms with Gasteiger partial charge in [0.25, 0.3) is 5.91 Å². The molecule has 2 rings (SSSR count). The Kier molecular flexibility index (Phi) is 7.15. The number of amides is 1. The van der Waals surface area contributed by atoms with Crippen LogP contribution in [0.2, 0.25) is 10.0 Å². The van der Waals surface area contributed by atoms with Crippen molar-refractivity contribution >= 4 is 29.1 Å². The summed E-state index contributed by atoms with van der Waals surface area (Å²) in [5, 5.41) is 3.95. The van der Waals surface area contributed by atoms with E-state index in [2.05, 4.69) is 24.1 Å². The van der Waals surface area contributed by atoms with Gasteiger partial charge in [0.05, 0.1) is 13.2 Å². The molecule has 0 saturated carbocycles. The summed E-state index contributed by atoms with van der Waals surface area (Å²) in [7, 11) is 0. The molecule has 1 atom stereocenters. The lowest BCUT2D eigenvalue weighted by Gasteiger charge is -2.35. The van der Waals surface area contributed by atoms with Crippen molar-refractivity contribution in [2.24, 2.45) is 5.92 Å². The van der Waals surface area contributed by atoms with E-state index in [9.17, 15) is 4.79 Å². The van der Waals surface area contributed by atoms with Crippen LogP contribution in [0.25, 0.3) is 0 Å². The van der Waals surface area contributed by atoms with Gasteiger partial charge in [-0.05, 0) is 30.5 Å². The molecule has 128 valence electrons. The molecule has 1 fully saturated rings. The number of hydrogen-bond acceptors (Lipinski definition) is 3. The summed E-state index contributed by atoms with van der Waals surface area (Å²) in [4.78, 5) is 14.7. The molecule has 1 aliphatic heterocycles.